The summed E-state index contributed by atoms with van der Waals surface area (Å²) in [5, 5.41) is 6.01. The van der Waals surface area contributed by atoms with Crippen molar-refractivity contribution in [2.45, 2.75) is 24.4 Å². The number of carbonyl (C=O) groups excluding carboxylic acids is 1. The second-order valence-corrected chi connectivity index (χ2v) is 8.14. The van der Waals surface area contributed by atoms with Crippen molar-refractivity contribution in [3.8, 4) is 22.8 Å². The molecule has 1 amide bonds. The van der Waals surface area contributed by atoms with Gasteiger partial charge in [-0.3, -0.25) is 5.32 Å². The number of anilines is 2. The number of ether oxygens (including phenoxy) is 5. The predicted molar refractivity (Wildman–Crippen MR) is 128 cm³/mol. The number of hydrogen-bond donors (Lipinski definition) is 2. The van der Waals surface area contributed by atoms with Crippen molar-refractivity contribution in [2.75, 3.05) is 38.1 Å². The third kappa shape index (κ3) is 5.13. The summed E-state index contributed by atoms with van der Waals surface area (Å²) in [6, 6.07) is 16.4. The fraction of sp³-hybridized carbons (Fsp3) is 0.320. The van der Waals surface area contributed by atoms with Gasteiger partial charge in [-0.05, 0) is 42.5 Å². The van der Waals surface area contributed by atoms with Gasteiger partial charge in [-0.25, -0.2) is 14.8 Å². The highest BCUT2D eigenvalue weighted by molar-refractivity contribution is 5.85. The van der Waals surface area contributed by atoms with E-state index in [4.69, 9.17) is 23.7 Å². The molecule has 2 fully saturated rings. The Morgan fingerprint density at radius 3 is 2.57 bits per heavy atom. The highest BCUT2D eigenvalue weighted by Gasteiger charge is 2.49. The largest absolute Gasteiger partial charge is 0.497 e. The van der Waals surface area contributed by atoms with E-state index in [2.05, 4.69) is 20.6 Å². The average molecular weight is 479 g/mol. The molecule has 3 heterocycles. The van der Waals surface area contributed by atoms with Crippen LogP contribution in [0.15, 0.2) is 60.8 Å². The summed E-state index contributed by atoms with van der Waals surface area (Å²) in [4.78, 5) is 21.4. The molecule has 2 N–H and O–H groups in total. The lowest BCUT2D eigenvalue weighted by Crippen LogP contribution is -2.38. The number of aromatic nitrogens is 2. The van der Waals surface area contributed by atoms with Gasteiger partial charge < -0.3 is 29.0 Å². The van der Waals surface area contributed by atoms with E-state index in [-0.39, 0.29) is 24.9 Å². The van der Waals surface area contributed by atoms with Crippen LogP contribution in [-0.4, -0.2) is 67.8 Å². The summed E-state index contributed by atoms with van der Waals surface area (Å²) in [6.07, 6.45) is -0.0785. The van der Waals surface area contributed by atoms with Crippen LogP contribution in [0.4, 0.5) is 16.4 Å². The van der Waals surface area contributed by atoms with E-state index in [0.29, 0.717) is 24.0 Å². The van der Waals surface area contributed by atoms with Gasteiger partial charge >= 0.3 is 6.09 Å². The van der Waals surface area contributed by atoms with Crippen LogP contribution < -0.4 is 20.1 Å². The van der Waals surface area contributed by atoms with Gasteiger partial charge in [0, 0.05) is 23.5 Å². The zero-order chi connectivity index (χ0) is 24.2. The minimum Gasteiger partial charge on any atom is -0.497 e. The molecule has 10 nitrogen and oxygen atoms in total. The van der Waals surface area contributed by atoms with Crippen molar-refractivity contribution in [1.82, 2.24) is 9.97 Å². The fourth-order valence-corrected chi connectivity index (χ4v) is 4.19. The number of carbonyl (C=O) groups is 1. The second kappa shape index (κ2) is 10.2. The summed E-state index contributed by atoms with van der Waals surface area (Å²) < 4.78 is 27.8. The standard InChI is InChI=1S/C25H26N4O6/c1-31-17-8-6-15(7-9-17)19-10-11-26-24(28-19)29-20-13-33-23-21(14-34-22(20)23)35-25(30)27-16-4-3-5-18(12-16)32-2/h3-12,20-23H,13-14H2,1-2H3,(H,27,30)(H,26,28,29). The molecular weight excluding hydrogens is 452 g/mol. The maximum atomic E-state index is 12.4. The van der Waals surface area contributed by atoms with Crippen LogP contribution in [0.1, 0.15) is 0 Å². The smallest absolute Gasteiger partial charge is 0.412 e. The fourth-order valence-electron chi connectivity index (χ4n) is 4.19. The van der Waals surface area contributed by atoms with E-state index in [1.807, 2.05) is 30.3 Å². The number of nitrogens with zero attached hydrogens (tertiary/aromatic N) is 2. The van der Waals surface area contributed by atoms with Gasteiger partial charge in [0.05, 0.1) is 39.2 Å². The second-order valence-electron chi connectivity index (χ2n) is 8.14. The lowest BCUT2D eigenvalue weighted by Gasteiger charge is -2.18. The minimum atomic E-state index is -0.581. The van der Waals surface area contributed by atoms with Crippen LogP contribution in [0.2, 0.25) is 0 Å². The van der Waals surface area contributed by atoms with E-state index >= 15 is 0 Å². The van der Waals surface area contributed by atoms with Crippen LogP contribution in [0.3, 0.4) is 0 Å². The number of fused-ring (bicyclic) bond motifs is 1. The van der Waals surface area contributed by atoms with Gasteiger partial charge in [0.15, 0.2) is 6.10 Å². The van der Waals surface area contributed by atoms with Crippen molar-refractivity contribution in [2.24, 2.45) is 0 Å². The highest BCUT2D eigenvalue weighted by Crippen LogP contribution is 2.31. The topological polar surface area (TPSA) is 113 Å². The zero-order valence-electron chi connectivity index (χ0n) is 19.3. The quantitative estimate of drug-likeness (QED) is 0.528. The first-order chi connectivity index (χ1) is 17.1. The molecule has 35 heavy (non-hydrogen) atoms. The van der Waals surface area contributed by atoms with Crippen molar-refractivity contribution >= 4 is 17.7 Å². The van der Waals surface area contributed by atoms with E-state index in [1.54, 1.807) is 44.7 Å². The zero-order valence-corrected chi connectivity index (χ0v) is 19.3. The molecule has 2 aromatic carbocycles. The molecule has 0 aliphatic carbocycles. The number of amides is 1. The molecule has 4 unspecified atom stereocenters. The first-order valence-electron chi connectivity index (χ1n) is 11.2. The van der Waals surface area contributed by atoms with Gasteiger partial charge in [0.2, 0.25) is 5.95 Å². The highest BCUT2D eigenvalue weighted by atomic mass is 16.6. The molecule has 0 saturated carbocycles. The number of methoxy groups -OCH3 is 2. The minimum absolute atomic E-state index is 0.179. The van der Waals surface area contributed by atoms with Crippen molar-refractivity contribution in [1.29, 1.82) is 0 Å². The Labute approximate surface area is 202 Å². The van der Waals surface area contributed by atoms with Crippen LogP contribution in [0, 0.1) is 0 Å². The van der Waals surface area contributed by atoms with Gasteiger partial charge in [-0.15, -0.1) is 0 Å². The summed E-state index contributed by atoms with van der Waals surface area (Å²) >= 11 is 0. The monoisotopic (exact) mass is 478 g/mol. The Morgan fingerprint density at radius 2 is 1.77 bits per heavy atom. The Hall–Kier alpha value is -3.89. The van der Waals surface area contributed by atoms with Gasteiger partial charge in [0.1, 0.15) is 23.7 Å². The lowest BCUT2D eigenvalue weighted by atomic mass is 10.1. The molecule has 182 valence electrons. The number of nitrogens with one attached hydrogen (secondary N) is 2. The SMILES string of the molecule is COc1ccc(-c2ccnc(NC3COC4C(OC(=O)Nc5cccc(OC)c5)COC34)n2)cc1. The summed E-state index contributed by atoms with van der Waals surface area (Å²) in [6.45, 7) is 0.620. The van der Waals surface area contributed by atoms with Gasteiger partial charge in [-0.1, -0.05) is 6.07 Å². The van der Waals surface area contributed by atoms with Crippen molar-refractivity contribution in [3.63, 3.8) is 0 Å². The molecule has 0 spiro atoms. The summed E-state index contributed by atoms with van der Waals surface area (Å²) in [7, 11) is 3.20. The third-order valence-electron chi connectivity index (χ3n) is 5.94. The molecule has 5 rings (SSSR count). The number of hydrogen-bond acceptors (Lipinski definition) is 9. The molecule has 0 radical (unpaired) electrons. The molecule has 3 aromatic rings. The van der Waals surface area contributed by atoms with E-state index in [0.717, 1.165) is 17.0 Å². The first-order valence-corrected chi connectivity index (χ1v) is 11.2. The van der Waals surface area contributed by atoms with E-state index < -0.39 is 12.2 Å². The Balaban J connectivity index is 1.19. The molecule has 0 bridgehead atoms. The first kappa shape index (κ1) is 22.9. The molecule has 1 aromatic heterocycles. The van der Waals surface area contributed by atoms with Crippen LogP contribution in [0.25, 0.3) is 11.3 Å². The number of rotatable bonds is 7. The summed E-state index contributed by atoms with van der Waals surface area (Å²) in [5.74, 6) is 1.89. The Bertz CT molecular complexity index is 1170. The maximum absolute atomic E-state index is 12.4. The number of benzene rings is 2. The molecule has 2 aliphatic heterocycles. The van der Waals surface area contributed by atoms with Crippen LogP contribution >= 0.6 is 0 Å². The van der Waals surface area contributed by atoms with Crippen LogP contribution in [0.5, 0.6) is 11.5 Å². The summed E-state index contributed by atoms with van der Waals surface area (Å²) in [5.41, 5.74) is 2.30. The molecular formula is C25H26N4O6. The Morgan fingerprint density at radius 1 is 0.971 bits per heavy atom. The van der Waals surface area contributed by atoms with Crippen molar-refractivity contribution < 1.29 is 28.5 Å². The van der Waals surface area contributed by atoms with E-state index in [9.17, 15) is 4.79 Å². The molecule has 10 heteroatoms. The maximum Gasteiger partial charge on any atom is 0.412 e. The molecule has 2 aliphatic rings. The van der Waals surface area contributed by atoms with Gasteiger partial charge in [-0.2, -0.15) is 0 Å². The van der Waals surface area contributed by atoms with E-state index in [1.165, 1.54) is 0 Å². The third-order valence-corrected chi connectivity index (χ3v) is 5.94. The van der Waals surface area contributed by atoms with Gasteiger partial charge in [0.25, 0.3) is 0 Å². The lowest BCUT2D eigenvalue weighted by molar-refractivity contribution is 0.00917. The normalized spacial score (nSPS) is 22.8. The molecule has 2 saturated heterocycles. The average Bonchev–Trinajstić information content (AvgIpc) is 3.47. The van der Waals surface area contributed by atoms with Crippen LogP contribution in [-0.2, 0) is 14.2 Å². The Kier molecular flexibility index (Phi) is 6.64. The predicted octanol–water partition coefficient (Wildman–Crippen LogP) is 3.36. The van der Waals surface area contributed by atoms with Crippen molar-refractivity contribution in [3.05, 3.63) is 60.8 Å². The molecule has 4 atom stereocenters.